The summed E-state index contributed by atoms with van der Waals surface area (Å²) >= 11 is 0. The van der Waals surface area contributed by atoms with Crippen molar-refractivity contribution in [2.75, 3.05) is 25.6 Å². The second kappa shape index (κ2) is 7.90. The summed E-state index contributed by atoms with van der Waals surface area (Å²) in [6.45, 7) is 0.911. The number of anilines is 1. The summed E-state index contributed by atoms with van der Waals surface area (Å²) in [4.78, 5) is 16.9. The van der Waals surface area contributed by atoms with Crippen molar-refractivity contribution in [2.45, 2.75) is 6.61 Å². The SMILES string of the molecule is CNc1nc2c3c(c[nH]c3n1)-c1ccc3ncc(cc3c1)OCCOc1cc(cnn1)CO2. The summed E-state index contributed by atoms with van der Waals surface area (Å²) in [5.41, 5.74) is 4.26. The smallest absolute Gasteiger partial charge is 0.233 e. The highest BCUT2D eigenvalue weighted by Gasteiger charge is 2.17. The third kappa shape index (κ3) is 3.61. The Morgan fingerprint density at radius 3 is 2.88 bits per heavy atom. The Morgan fingerprint density at radius 2 is 1.94 bits per heavy atom. The molecule has 0 spiro atoms. The third-order valence-electron chi connectivity index (χ3n) is 5.36. The van der Waals surface area contributed by atoms with E-state index in [0.717, 1.165) is 33.0 Å². The minimum atomic E-state index is 0.242. The first-order valence-corrected chi connectivity index (χ1v) is 10.4. The lowest BCUT2D eigenvalue weighted by molar-refractivity contribution is 0.209. The molecule has 0 saturated carbocycles. The van der Waals surface area contributed by atoms with E-state index in [2.05, 4.69) is 41.5 Å². The van der Waals surface area contributed by atoms with Gasteiger partial charge < -0.3 is 24.5 Å². The molecule has 1 aliphatic heterocycles. The van der Waals surface area contributed by atoms with Crippen molar-refractivity contribution < 1.29 is 14.2 Å². The summed E-state index contributed by atoms with van der Waals surface area (Å²) in [7, 11) is 1.77. The molecule has 0 saturated heterocycles. The van der Waals surface area contributed by atoms with Crippen LogP contribution in [0.4, 0.5) is 5.95 Å². The average Bonchev–Trinajstić information content (AvgIpc) is 3.28. The molecule has 1 aromatic carbocycles. The minimum absolute atomic E-state index is 0.242. The number of fused-ring (bicyclic) bond motifs is 5. The van der Waals surface area contributed by atoms with E-state index in [-0.39, 0.29) is 6.61 Å². The van der Waals surface area contributed by atoms with Crippen molar-refractivity contribution in [3.63, 3.8) is 0 Å². The average molecular weight is 441 g/mol. The first-order chi connectivity index (χ1) is 16.3. The Bertz CT molecular complexity index is 1480. The number of hydrogen-bond donors (Lipinski definition) is 2. The monoisotopic (exact) mass is 441 g/mol. The summed E-state index contributed by atoms with van der Waals surface area (Å²) in [6.07, 6.45) is 5.26. The van der Waals surface area contributed by atoms with E-state index in [1.54, 1.807) is 25.5 Å². The highest BCUT2D eigenvalue weighted by atomic mass is 16.5. The Kier molecular flexibility index (Phi) is 4.60. The van der Waals surface area contributed by atoms with Gasteiger partial charge in [-0.3, -0.25) is 4.98 Å². The molecular formula is C23H19N7O3. The van der Waals surface area contributed by atoms with Crippen LogP contribution in [0.1, 0.15) is 5.56 Å². The fourth-order valence-corrected chi connectivity index (χ4v) is 3.79. The Hall–Kier alpha value is -4.47. The van der Waals surface area contributed by atoms with Gasteiger partial charge in [-0.2, -0.15) is 15.1 Å². The Morgan fingerprint density at radius 1 is 1.00 bits per heavy atom. The van der Waals surface area contributed by atoms with Crippen LogP contribution < -0.4 is 19.5 Å². The quantitative estimate of drug-likeness (QED) is 0.403. The molecule has 33 heavy (non-hydrogen) atoms. The van der Waals surface area contributed by atoms with E-state index in [9.17, 15) is 0 Å². The molecule has 164 valence electrons. The fraction of sp³-hybridized carbons (Fsp3) is 0.174. The molecule has 0 aliphatic carbocycles. The summed E-state index contributed by atoms with van der Waals surface area (Å²) in [5.74, 6) is 1.98. The summed E-state index contributed by atoms with van der Waals surface area (Å²) in [5, 5.41) is 12.8. The van der Waals surface area contributed by atoms with Gasteiger partial charge in [-0.05, 0) is 23.8 Å². The largest absolute Gasteiger partial charge is 0.488 e. The predicted molar refractivity (Wildman–Crippen MR) is 122 cm³/mol. The van der Waals surface area contributed by atoms with Crippen molar-refractivity contribution in [3.8, 4) is 28.6 Å². The lowest BCUT2D eigenvalue weighted by Crippen LogP contribution is -2.10. The van der Waals surface area contributed by atoms with E-state index in [0.29, 0.717) is 42.3 Å². The number of rotatable bonds is 1. The topological polar surface area (TPSA) is 120 Å². The molecule has 5 aromatic rings. The lowest BCUT2D eigenvalue weighted by atomic mass is 10.0. The number of pyridine rings is 1. The maximum Gasteiger partial charge on any atom is 0.233 e. The third-order valence-corrected chi connectivity index (χ3v) is 5.36. The molecule has 5 bridgehead atoms. The van der Waals surface area contributed by atoms with Gasteiger partial charge in [-0.25, -0.2) is 0 Å². The first kappa shape index (κ1) is 19.2. The first-order valence-electron chi connectivity index (χ1n) is 10.4. The van der Waals surface area contributed by atoms with E-state index in [4.69, 9.17) is 14.2 Å². The zero-order valence-corrected chi connectivity index (χ0v) is 17.7. The summed E-state index contributed by atoms with van der Waals surface area (Å²) in [6, 6.07) is 9.83. The highest BCUT2D eigenvalue weighted by Crippen LogP contribution is 2.36. The van der Waals surface area contributed by atoms with Crippen LogP contribution in [0.25, 0.3) is 33.1 Å². The van der Waals surface area contributed by atoms with E-state index >= 15 is 0 Å². The van der Waals surface area contributed by atoms with Crippen molar-refractivity contribution in [1.82, 2.24) is 30.1 Å². The molecule has 0 fully saturated rings. The standard InChI is InChI=1S/C23H19N7O3/c1-24-23-28-21-20-17(11-26-21)14-2-3-18-15(7-14)8-16(10-25-18)31-4-5-32-19-6-13(9-27-30-19)12-33-22(20)29-23/h2-3,6-11H,4-5,12H2,1H3,(H2,24,26,28,29). The zero-order valence-electron chi connectivity index (χ0n) is 17.7. The Balaban J connectivity index is 1.54. The second-order valence-electron chi connectivity index (χ2n) is 7.49. The van der Waals surface area contributed by atoms with Crippen molar-refractivity contribution >= 4 is 27.9 Å². The molecule has 5 heterocycles. The number of hydrogen-bond acceptors (Lipinski definition) is 9. The van der Waals surface area contributed by atoms with Gasteiger partial charge in [0.25, 0.3) is 0 Å². The van der Waals surface area contributed by atoms with Gasteiger partial charge in [0.05, 0.1) is 23.3 Å². The van der Waals surface area contributed by atoms with Crippen molar-refractivity contribution in [3.05, 3.63) is 54.5 Å². The minimum Gasteiger partial charge on any atom is -0.488 e. The van der Waals surface area contributed by atoms with Gasteiger partial charge in [0.2, 0.25) is 17.7 Å². The van der Waals surface area contributed by atoms with Crippen LogP contribution >= 0.6 is 0 Å². The molecule has 10 nitrogen and oxygen atoms in total. The van der Waals surface area contributed by atoms with Gasteiger partial charge in [-0.1, -0.05) is 6.07 Å². The maximum absolute atomic E-state index is 6.15. The van der Waals surface area contributed by atoms with Crippen molar-refractivity contribution in [1.29, 1.82) is 0 Å². The molecule has 1 aliphatic rings. The van der Waals surface area contributed by atoms with Crippen LogP contribution in [-0.2, 0) is 6.61 Å². The van der Waals surface area contributed by atoms with Gasteiger partial charge >= 0.3 is 0 Å². The number of ether oxygens (including phenoxy) is 3. The lowest BCUT2D eigenvalue weighted by Gasteiger charge is -2.10. The molecular weight excluding hydrogens is 422 g/mol. The number of nitrogens with zero attached hydrogens (tertiary/aromatic N) is 5. The number of aromatic nitrogens is 6. The molecule has 2 N–H and O–H groups in total. The van der Waals surface area contributed by atoms with Gasteiger partial charge in [0.15, 0.2) is 0 Å². The number of benzene rings is 1. The second-order valence-corrected chi connectivity index (χ2v) is 7.49. The van der Waals surface area contributed by atoms with Crippen LogP contribution in [0.2, 0.25) is 0 Å². The predicted octanol–water partition coefficient (Wildman–Crippen LogP) is 3.36. The number of H-pyrrole nitrogens is 1. The molecule has 4 aromatic heterocycles. The van der Waals surface area contributed by atoms with Crippen LogP contribution in [0.3, 0.4) is 0 Å². The van der Waals surface area contributed by atoms with E-state index in [1.807, 2.05) is 24.4 Å². The molecule has 0 unspecified atom stereocenters. The summed E-state index contributed by atoms with van der Waals surface area (Å²) < 4.78 is 17.7. The molecule has 0 atom stereocenters. The fourth-order valence-electron chi connectivity index (χ4n) is 3.79. The highest BCUT2D eigenvalue weighted by molar-refractivity contribution is 5.99. The van der Waals surface area contributed by atoms with Gasteiger partial charge in [-0.15, -0.1) is 5.10 Å². The van der Waals surface area contributed by atoms with Gasteiger partial charge in [0.1, 0.15) is 31.2 Å². The number of aromatic amines is 1. The van der Waals surface area contributed by atoms with E-state index < -0.39 is 0 Å². The van der Waals surface area contributed by atoms with Crippen LogP contribution in [0.5, 0.6) is 17.5 Å². The maximum atomic E-state index is 6.15. The normalized spacial score (nSPS) is 13.4. The van der Waals surface area contributed by atoms with Crippen LogP contribution in [-0.4, -0.2) is 50.4 Å². The number of nitrogens with one attached hydrogen (secondary N) is 2. The van der Waals surface area contributed by atoms with Crippen molar-refractivity contribution in [2.24, 2.45) is 0 Å². The molecule has 0 amide bonds. The van der Waals surface area contributed by atoms with Crippen LogP contribution in [0.15, 0.2) is 48.9 Å². The van der Waals surface area contributed by atoms with Crippen LogP contribution in [0, 0.1) is 0 Å². The molecule has 0 radical (unpaired) electrons. The molecule has 10 heteroatoms. The van der Waals surface area contributed by atoms with Gasteiger partial charge in [0, 0.05) is 35.8 Å². The zero-order chi connectivity index (χ0) is 22.2. The molecule has 6 rings (SSSR count). The Labute approximate surface area is 188 Å². The van der Waals surface area contributed by atoms with E-state index in [1.165, 1.54) is 0 Å².